The van der Waals surface area contributed by atoms with Gasteiger partial charge in [-0.05, 0) is 16.7 Å². The van der Waals surface area contributed by atoms with Crippen molar-refractivity contribution in [2.24, 2.45) is 0 Å². The number of aromatic nitrogens is 2. The van der Waals surface area contributed by atoms with Gasteiger partial charge >= 0.3 is 11.6 Å². The summed E-state index contributed by atoms with van der Waals surface area (Å²) in [6, 6.07) is 30.3. The van der Waals surface area contributed by atoms with Crippen molar-refractivity contribution >= 4 is 0 Å². The summed E-state index contributed by atoms with van der Waals surface area (Å²) < 4.78 is 34.3. The van der Waals surface area contributed by atoms with Gasteiger partial charge in [-0.15, -0.1) is 0 Å². The van der Waals surface area contributed by atoms with E-state index in [1.807, 2.05) is 54.6 Å². The van der Waals surface area contributed by atoms with Gasteiger partial charge in [0.2, 0.25) is 5.82 Å². The maximum Gasteiger partial charge on any atom is 0.311 e. The van der Waals surface area contributed by atoms with Crippen LogP contribution >= 0.6 is 0 Å². The third-order valence-corrected chi connectivity index (χ3v) is 6.63. The smallest absolute Gasteiger partial charge is 0.311 e. The zero-order chi connectivity index (χ0) is 23.8. The van der Waals surface area contributed by atoms with Crippen LogP contribution in [0, 0.1) is 5.82 Å². The molecule has 0 aliphatic carbocycles. The van der Waals surface area contributed by atoms with Gasteiger partial charge in [0.1, 0.15) is 24.0 Å². The number of rotatable bonds is 6. The van der Waals surface area contributed by atoms with E-state index in [0.717, 1.165) is 22.9 Å². The van der Waals surface area contributed by atoms with Crippen LogP contribution in [-0.4, -0.2) is 28.4 Å². The minimum Gasteiger partial charge on any atom is -0.458 e. The molecule has 0 spiro atoms. The fourth-order valence-electron chi connectivity index (χ4n) is 4.98. The molecule has 6 nitrogen and oxygen atoms in total. The van der Waals surface area contributed by atoms with Crippen molar-refractivity contribution in [3.8, 4) is 6.01 Å². The molecule has 1 saturated heterocycles. The third-order valence-electron chi connectivity index (χ3n) is 6.63. The molecule has 0 unspecified atom stereocenters. The van der Waals surface area contributed by atoms with Crippen LogP contribution in [0.4, 0.5) is 4.39 Å². The third kappa shape index (κ3) is 3.73. The van der Waals surface area contributed by atoms with Gasteiger partial charge in [0, 0.05) is 6.42 Å². The summed E-state index contributed by atoms with van der Waals surface area (Å²) in [5.74, 6) is -0.935. The second-order valence-corrected chi connectivity index (χ2v) is 8.70. The van der Waals surface area contributed by atoms with E-state index in [0.29, 0.717) is 6.42 Å². The molecule has 7 heteroatoms. The van der Waals surface area contributed by atoms with Crippen LogP contribution in [0.15, 0.2) is 102 Å². The summed E-state index contributed by atoms with van der Waals surface area (Å²) in [5, 5.41) is 0. The molecule has 3 aromatic carbocycles. The molecule has 0 saturated carbocycles. The van der Waals surface area contributed by atoms with Gasteiger partial charge in [0.25, 0.3) is 0 Å². The van der Waals surface area contributed by atoms with E-state index in [1.54, 1.807) is 0 Å². The summed E-state index contributed by atoms with van der Waals surface area (Å²) in [5.41, 5.74) is 1.11. The standard InChI is InChI=1S/C28H23FN2O4/c29-22-17-31-25-16-23(35-27(31)30-26(22)32)24(34-25)18-33-28(19-10-4-1-5-11-19,20-12-6-2-7-13-20)21-14-8-3-9-15-21/h1-15,17,23-25H,16,18H2/t23-,24-,25-/m1/s1. The molecule has 35 heavy (non-hydrogen) atoms. The second-order valence-electron chi connectivity index (χ2n) is 8.70. The number of hydrogen-bond donors (Lipinski definition) is 0. The van der Waals surface area contributed by atoms with Crippen LogP contribution in [-0.2, 0) is 15.1 Å². The van der Waals surface area contributed by atoms with Crippen molar-refractivity contribution in [1.82, 2.24) is 9.55 Å². The zero-order valence-electron chi connectivity index (χ0n) is 18.8. The number of halogens is 1. The molecule has 4 aromatic rings. The lowest BCUT2D eigenvalue weighted by Gasteiger charge is -2.37. The Kier molecular flexibility index (Phi) is 5.43. The largest absolute Gasteiger partial charge is 0.458 e. The van der Waals surface area contributed by atoms with Crippen LogP contribution in [0.25, 0.3) is 0 Å². The molecule has 2 aliphatic rings. The molecule has 1 fully saturated rings. The van der Waals surface area contributed by atoms with E-state index in [-0.39, 0.29) is 18.7 Å². The molecule has 3 heterocycles. The van der Waals surface area contributed by atoms with Gasteiger partial charge in [0.15, 0.2) is 0 Å². The van der Waals surface area contributed by atoms with E-state index in [2.05, 4.69) is 41.4 Å². The fraction of sp³-hybridized carbons (Fsp3) is 0.214. The van der Waals surface area contributed by atoms with Gasteiger partial charge in [-0.1, -0.05) is 91.0 Å². The summed E-state index contributed by atoms with van der Waals surface area (Å²) >= 11 is 0. The fourth-order valence-corrected chi connectivity index (χ4v) is 4.98. The predicted octanol–water partition coefficient (Wildman–Crippen LogP) is 4.44. The Labute approximate surface area is 201 Å². The summed E-state index contributed by atoms with van der Waals surface area (Å²) in [6.45, 7) is 0.209. The highest BCUT2D eigenvalue weighted by molar-refractivity contribution is 5.47. The van der Waals surface area contributed by atoms with Crippen molar-refractivity contribution in [2.75, 3.05) is 6.61 Å². The lowest BCUT2D eigenvalue weighted by atomic mass is 9.80. The molecule has 0 N–H and O–H groups in total. The highest BCUT2D eigenvalue weighted by atomic mass is 19.1. The molecule has 3 atom stereocenters. The molecule has 0 radical (unpaired) electrons. The molecule has 6 rings (SSSR count). The monoisotopic (exact) mass is 470 g/mol. The van der Waals surface area contributed by atoms with Crippen LogP contribution in [0.2, 0.25) is 0 Å². The first-order valence-electron chi connectivity index (χ1n) is 11.6. The summed E-state index contributed by atoms with van der Waals surface area (Å²) in [4.78, 5) is 15.4. The zero-order valence-corrected chi connectivity index (χ0v) is 18.8. The van der Waals surface area contributed by atoms with Crippen molar-refractivity contribution in [2.45, 2.75) is 30.5 Å². The first-order valence-corrected chi connectivity index (χ1v) is 11.6. The van der Waals surface area contributed by atoms with E-state index < -0.39 is 29.3 Å². The first kappa shape index (κ1) is 21.7. The van der Waals surface area contributed by atoms with Gasteiger partial charge in [-0.2, -0.15) is 9.37 Å². The Morgan fingerprint density at radius 2 is 1.46 bits per heavy atom. The molecule has 176 valence electrons. The first-order chi connectivity index (χ1) is 17.1. The minimum absolute atomic E-state index is 0.0700. The average molecular weight is 471 g/mol. The molecule has 2 bridgehead atoms. The number of fused-ring (bicyclic) bond motifs is 4. The maximum atomic E-state index is 13.9. The van der Waals surface area contributed by atoms with E-state index in [9.17, 15) is 9.18 Å². The van der Waals surface area contributed by atoms with E-state index in [4.69, 9.17) is 14.2 Å². The second kappa shape index (κ2) is 8.76. The Morgan fingerprint density at radius 3 is 2.00 bits per heavy atom. The topological polar surface area (TPSA) is 62.6 Å². The molecule has 1 aromatic heterocycles. The normalized spacial score (nSPS) is 20.8. The van der Waals surface area contributed by atoms with Crippen LogP contribution in [0.3, 0.4) is 0 Å². The van der Waals surface area contributed by atoms with Crippen LogP contribution in [0.5, 0.6) is 6.01 Å². The SMILES string of the molecule is O=c1nc2n(cc1F)[C@H]1C[C@@H](O2)[C@@H](COC(c2ccccc2)(c2ccccc2)c2ccccc2)O1. The van der Waals surface area contributed by atoms with Crippen molar-refractivity contribution in [3.05, 3.63) is 130 Å². The van der Waals surface area contributed by atoms with Gasteiger partial charge in [-0.3, -0.25) is 9.36 Å². The van der Waals surface area contributed by atoms with Crippen molar-refractivity contribution in [3.63, 3.8) is 0 Å². The number of hydrogen-bond acceptors (Lipinski definition) is 5. The summed E-state index contributed by atoms with van der Waals surface area (Å²) in [6.07, 6.45) is 0.337. The van der Waals surface area contributed by atoms with Gasteiger partial charge < -0.3 is 14.2 Å². The van der Waals surface area contributed by atoms with Gasteiger partial charge in [0.05, 0.1) is 12.8 Å². The Morgan fingerprint density at radius 1 is 0.914 bits per heavy atom. The Bertz CT molecular complexity index is 1280. The molecule has 0 amide bonds. The average Bonchev–Trinajstić information content (AvgIpc) is 3.24. The van der Waals surface area contributed by atoms with Crippen molar-refractivity contribution < 1.29 is 18.6 Å². The predicted molar refractivity (Wildman–Crippen MR) is 127 cm³/mol. The number of nitrogens with zero attached hydrogens (tertiary/aromatic N) is 2. The van der Waals surface area contributed by atoms with Crippen LogP contribution < -0.4 is 10.3 Å². The quantitative estimate of drug-likeness (QED) is 0.390. The Balaban J connectivity index is 1.37. The van der Waals surface area contributed by atoms with Crippen LogP contribution in [0.1, 0.15) is 29.3 Å². The highest BCUT2D eigenvalue weighted by Gasteiger charge is 2.46. The maximum absolute atomic E-state index is 13.9. The molecular formula is C28H23FN2O4. The minimum atomic E-state index is -0.943. The Hall–Kier alpha value is -3.81. The van der Waals surface area contributed by atoms with Crippen molar-refractivity contribution in [1.29, 1.82) is 0 Å². The number of ether oxygens (including phenoxy) is 3. The van der Waals surface area contributed by atoms with E-state index in [1.165, 1.54) is 4.57 Å². The van der Waals surface area contributed by atoms with Gasteiger partial charge in [-0.25, -0.2) is 0 Å². The molecular weight excluding hydrogens is 447 g/mol. The highest BCUT2D eigenvalue weighted by Crippen LogP contribution is 2.43. The molecule has 2 aliphatic heterocycles. The lowest BCUT2D eigenvalue weighted by Crippen LogP contribution is -2.39. The number of benzene rings is 3. The summed E-state index contributed by atoms with van der Waals surface area (Å²) in [7, 11) is 0. The lowest BCUT2D eigenvalue weighted by molar-refractivity contribution is -0.0816. The van der Waals surface area contributed by atoms with E-state index >= 15 is 0 Å².